The third kappa shape index (κ3) is 3.46. The van der Waals surface area contributed by atoms with Gasteiger partial charge in [-0.2, -0.15) is 0 Å². The van der Waals surface area contributed by atoms with Gasteiger partial charge >= 0.3 is 5.97 Å². The van der Waals surface area contributed by atoms with Gasteiger partial charge in [-0.15, -0.1) is 11.3 Å². The molecule has 0 radical (unpaired) electrons. The average Bonchev–Trinajstić information content (AvgIpc) is 3.04. The molecule has 1 aliphatic carbocycles. The first kappa shape index (κ1) is 16.0. The second-order valence-electron chi connectivity index (χ2n) is 6.55. The standard InChI is InChI=1S/C16H23NO3S/c1-9(2)16(4,8-13(18)19)17-15(20)12-7-11(12)14-10(3)5-6-21-14/h5-6,9,11-12H,7-8H2,1-4H3,(H,17,20)(H,18,19). The first-order chi connectivity index (χ1) is 9.74. The maximum atomic E-state index is 12.4. The van der Waals surface area contributed by atoms with E-state index in [0.717, 1.165) is 6.42 Å². The van der Waals surface area contributed by atoms with Crippen LogP contribution in [0, 0.1) is 18.8 Å². The van der Waals surface area contributed by atoms with E-state index in [-0.39, 0.29) is 24.2 Å². The van der Waals surface area contributed by atoms with E-state index in [1.165, 1.54) is 10.4 Å². The summed E-state index contributed by atoms with van der Waals surface area (Å²) in [6.07, 6.45) is 0.820. The summed E-state index contributed by atoms with van der Waals surface area (Å²) < 4.78 is 0. The summed E-state index contributed by atoms with van der Waals surface area (Å²) in [7, 11) is 0. The monoisotopic (exact) mass is 309 g/mol. The third-order valence-corrected chi connectivity index (χ3v) is 5.72. The number of hydrogen-bond acceptors (Lipinski definition) is 3. The Bertz CT molecular complexity index is 551. The molecule has 0 saturated heterocycles. The first-order valence-corrected chi connectivity index (χ1v) is 8.20. The minimum Gasteiger partial charge on any atom is -0.481 e. The van der Waals surface area contributed by atoms with Gasteiger partial charge in [-0.25, -0.2) is 0 Å². The molecular weight excluding hydrogens is 286 g/mol. The minimum atomic E-state index is -0.882. The maximum absolute atomic E-state index is 12.4. The smallest absolute Gasteiger partial charge is 0.305 e. The topological polar surface area (TPSA) is 66.4 Å². The Morgan fingerprint density at radius 1 is 1.52 bits per heavy atom. The summed E-state index contributed by atoms with van der Waals surface area (Å²) in [4.78, 5) is 24.7. The van der Waals surface area contributed by atoms with Crippen LogP contribution in [0.15, 0.2) is 11.4 Å². The van der Waals surface area contributed by atoms with E-state index in [1.807, 2.05) is 20.8 Å². The van der Waals surface area contributed by atoms with Crippen LogP contribution in [-0.4, -0.2) is 22.5 Å². The van der Waals surface area contributed by atoms with E-state index >= 15 is 0 Å². The lowest BCUT2D eigenvalue weighted by Crippen LogP contribution is -2.51. The molecule has 21 heavy (non-hydrogen) atoms. The predicted molar refractivity (Wildman–Crippen MR) is 83.5 cm³/mol. The van der Waals surface area contributed by atoms with Crippen molar-refractivity contribution in [1.82, 2.24) is 5.32 Å². The number of thiophene rings is 1. The summed E-state index contributed by atoms with van der Waals surface area (Å²) in [5.74, 6) is -0.517. The zero-order valence-corrected chi connectivity index (χ0v) is 13.8. The number of carbonyl (C=O) groups is 2. The van der Waals surface area contributed by atoms with Crippen LogP contribution in [0.3, 0.4) is 0 Å². The van der Waals surface area contributed by atoms with Crippen molar-refractivity contribution < 1.29 is 14.7 Å². The molecule has 1 heterocycles. The van der Waals surface area contributed by atoms with Crippen molar-refractivity contribution in [2.24, 2.45) is 11.8 Å². The fourth-order valence-electron chi connectivity index (χ4n) is 2.62. The van der Waals surface area contributed by atoms with E-state index < -0.39 is 11.5 Å². The highest BCUT2D eigenvalue weighted by atomic mass is 32.1. The SMILES string of the molecule is Cc1ccsc1C1CC1C(=O)NC(C)(CC(=O)O)C(C)C. The van der Waals surface area contributed by atoms with Gasteiger partial charge < -0.3 is 10.4 Å². The highest BCUT2D eigenvalue weighted by Gasteiger charge is 2.47. The number of hydrogen-bond donors (Lipinski definition) is 2. The molecule has 0 spiro atoms. The highest BCUT2D eigenvalue weighted by Crippen LogP contribution is 2.50. The van der Waals surface area contributed by atoms with E-state index in [0.29, 0.717) is 5.92 Å². The molecule has 1 aromatic rings. The summed E-state index contributed by atoms with van der Waals surface area (Å²) in [6.45, 7) is 7.77. The van der Waals surface area contributed by atoms with Gasteiger partial charge in [0.25, 0.3) is 0 Å². The summed E-state index contributed by atoms with van der Waals surface area (Å²) in [5, 5.41) is 14.1. The van der Waals surface area contributed by atoms with Crippen LogP contribution in [0.4, 0.5) is 0 Å². The van der Waals surface area contributed by atoms with Gasteiger partial charge in [-0.1, -0.05) is 13.8 Å². The molecule has 4 nitrogen and oxygen atoms in total. The molecule has 1 amide bonds. The Labute approximate surface area is 129 Å². The number of aryl methyl sites for hydroxylation is 1. The number of carboxylic acids is 1. The van der Waals surface area contributed by atoms with Crippen LogP contribution in [0.5, 0.6) is 0 Å². The molecule has 0 bridgehead atoms. The number of amides is 1. The molecule has 116 valence electrons. The molecule has 2 rings (SSSR count). The number of carboxylic acid groups (broad SMARTS) is 1. The lowest BCUT2D eigenvalue weighted by molar-refractivity contribution is -0.139. The van der Waals surface area contributed by atoms with Gasteiger partial charge in [0.15, 0.2) is 0 Å². The lowest BCUT2D eigenvalue weighted by atomic mass is 9.85. The Balaban J connectivity index is 2.02. The van der Waals surface area contributed by atoms with Crippen LogP contribution < -0.4 is 5.32 Å². The predicted octanol–water partition coefficient (Wildman–Crippen LogP) is 3.17. The summed E-state index contributed by atoms with van der Waals surface area (Å²) in [6, 6.07) is 2.08. The number of rotatable bonds is 6. The Morgan fingerprint density at radius 2 is 2.19 bits per heavy atom. The molecule has 1 aliphatic rings. The molecule has 2 N–H and O–H groups in total. The molecule has 1 aromatic heterocycles. The Hall–Kier alpha value is -1.36. The van der Waals surface area contributed by atoms with Gasteiger partial charge in [-0.05, 0) is 43.2 Å². The van der Waals surface area contributed by atoms with E-state index in [2.05, 4.69) is 23.7 Å². The summed E-state index contributed by atoms with van der Waals surface area (Å²) >= 11 is 1.70. The molecule has 3 atom stereocenters. The molecular formula is C16H23NO3S. The second-order valence-corrected chi connectivity index (χ2v) is 7.50. The van der Waals surface area contributed by atoms with Crippen LogP contribution in [-0.2, 0) is 9.59 Å². The molecule has 1 fully saturated rings. The second kappa shape index (κ2) is 5.79. The summed E-state index contributed by atoms with van der Waals surface area (Å²) in [5.41, 5.74) is 0.554. The van der Waals surface area contributed by atoms with Gasteiger partial charge in [0.2, 0.25) is 5.91 Å². The third-order valence-electron chi connectivity index (χ3n) is 4.57. The van der Waals surface area contributed by atoms with Gasteiger partial charge in [0, 0.05) is 22.3 Å². The van der Waals surface area contributed by atoms with Crippen molar-refractivity contribution in [3.63, 3.8) is 0 Å². The van der Waals surface area contributed by atoms with E-state index in [4.69, 9.17) is 5.11 Å². The largest absolute Gasteiger partial charge is 0.481 e. The van der Waals surface area contributed by atoms with Crippen LogP contribution in [0.1, 0.15) is 50.0 Å². The van der Waals surface area contributed by atoms with Crippen molar-refractivity contribution in [3.8, 4) is 0 Å². The Kier molecular flexibility index (Phi) is 4.42. The normalized spacial score (nSPS) is 23.7. The zero-order valence-electron chi connectivity index (χ0n) is 13.0. The van der Waals surface area contributed by atoms with Crippen molar-refractivity contribution in [3.05, 3.63) is 21.9 Å². The molecule has 0 aliphatic heterocycles. The van der Waals surface area contributed by atoms with Crippen LogP contribution in [0.25, 0.3) is 0 Å². The van der Waals surface area contributed by atoms with Crippen molar-refractivity contribution in [2.45, 2.75) is 52.0 Å². The fraction of sp³-hybridized carbons (Fsp3) is 0.625. The number of aliphatic carboxylic acids is 1. The van der Waals surface area contributed by atoms with Crippen molar-refractivity contribution in [1.29, 1.82) is 0 Å². The van der Waals surface area contributed by atoms with Gasteiger partial charge in [0.1, 0.15) is 0 Å². The van der Waals surface area contributed by atoms with Gasteiger partial charge in [-0.3, -0.25) is 9.59 Å². The van der Waals surface area contributed by atoms with Crippen molar-refractivity contribution in [2.75, 3.05) is 0 Å². The average molecular weight is 309 g/mol. The molecule has 5 heteroatoms. The molecule has 1 saturated carbocycles. The number of nitrogens with one attached hydrogen (secondary N) is 1. The minimum absolute atomic E-state index is 0.00535. The van der Waals surface area contributed by atoms with Crippen LogP contribution >= 0.6 is 11.3 Å². The maximum Gasteiger partial charge on any atom is 0.305 e. The lowest BCUT2D eigenvalue weighted by Gasteiger charge is -2.33. The molecule has 0 aromatic carbocycles. The van der Waals surface area contributed by atoms with Gasteiger partial charge in [0.05, 0.1) is 6.42 Å². The van der Waals surface area contributed by atoms with Crippen LogP contribution in [0.2, 0.25) is 0 Å². The fourth-order valence-corrected chi connectivity index (χ4v) is 3.73. The quantitative estimate of drug-likeness (QED) is 0.848. The molecule has 3 unspecified atom stereocenters. The van der Waals surface area contributed by atoms with E-state index in [9.17, 15) is 9.59 Å². The highest BCUT2D eigenvalue weighted by molar-refractivity contribution is 7.10. The van der Waals surface area contributed by atoms with Crippen molar-refractivity contribution >= 4 is 23.2 Å². The number of carbonyl (C=O) groups excluding carboxylic acids is 1. The van der Waals surface area contributed by atoms with E-state index in [1.54, 1.807) is 11.3 Å². The first-order valence-electron chi connectivity index (χ1n) is 7.32. The Morgan fingerprint density at radius 3 is 2.67 bits per heavy atom. The zero-order chi connectivity index (χ0) is 15.8.